The zero-order valence-electron chi connectivity index (χ0n) is 18.8. The van der Waals surface area contributed by atoms with Gasteiger partial charge in [-0.3, -0.25) is 14.9 Å². The summed E-state index contributed by atoms with van der Waals surface area (Å²) in [5.41, 5.74) is 0.469. The van der Waals surface area contributed by atoms with Gasteiger partial charge >= 0.3 is 16.9 Å². The summed E-state index contributed by atoms with van der Waals surface area (Å²) in [5.74, 6) is -2.02. The molecule has 0 saturated carbocycles. The van der Waals surface area contributed by atoms with E-state index in [0.29, 0.717) is 4.88 Å². The molecule has 2 aromatic heterocycles. The minimum Gasteiger partial charge on any atom is -0.462 e. The average molecular weight is 516 g/mol. The molecule has 0 aliphatic carbocycles. The Kier molecular flexibility index (Phi) is 8.81. The van der Waals surface area contributed by atoms with E-state index < -0.39 is 22.8 Å². The maximum atomic E-state index is 12.8. The van der Waals surface area contributed by atoms with Crippen molar-refractivity contribution in [3.63, 3.8) is 0 Å². The van der Waals surface area contributed by atoms with Gasteiger partial charge in [-0.15, -0.1) is 0 Å². The second-order valence-corrected chi connectivity index (χ2v) is 8.92. The van der Waals surface area contributed by atoms with Gasteiger partial charge in [-0.2, -0.15) is 0 Å². The van der Waals surface area contributed by atoms with Gasteiger partial charge in [-0.25, -0.2) is 14.6 Å². The number of carbonyl (C=O) groups is 3. The number of aliphatic imine (C=N–C) groups is 1. The van der Waals surface area contributed by atoms with Gasteiger partial charge in [0.1, 0.15) is 21.1 Å². The van der Waals surface area contributed by atoms with Crippen LogP contribution in [0.1, 0.15) is 45.0 Å². The summed E-state index contributed by atoms with van der Waals surface area (Å²) >= 11 is 1.81. The molecule has 10 nitrogen and oxygen atoms in total. The molecule has 1 N–H and O–H groups in total. The molecule has 3 rings (SSSR count). The summed E-state index contributed by atoms with van der Waals surface area (Å²) < 4.78 is 10.3. The Bertz CT molecular complexity index is 1270. The van der Waals surface area contributed by atoms with E-state index >= 15 is 0 Å². The van der Waals surface area contributed by atoms with Crippen molar-refractivity contribution < 1.29 is 28.8 Å². The first kappa shape index (κ1) is 25.7. The lowest BCUT2D eigenvalue weighted by atomic mass is 10.1. The Morgan fingerprint density at radius 3 is 2.26 bits per heavy atom. The predicted molar refractivity (Wildman–Crippen MR) is 133 cm³/mol. The van der Waals surface area contributed by atoms with Crippen molar-refractivity contribution >= 4 is 61.7 Å². The maximum Gasteiger partial charge on any atom is 0.342 e. The summed E-state index contributed by atoms with van der Waals surface area (Å²) in [6.07, 6.45) is 1.39. The third-order valence-corrected chi connectivity index (χ3v) is 6.40. The standard InChI is InChI=1S/C23H21N3O7S2/c1-3-32-22(28)18-19(23(29)33-4-2)21(25-16(27)12-14-8-6-5-7-9-14)35-20(18)24-13-15-10-11-17(34-15)26(30)31/h5-11,13H,3-4,12H2,1-2H3,(H,25,27). The first-order valence-electron chi connectivity index (χ1n) is 10.5. The van der Waals surface area contributed by atoms with Gasteiger partial charge < -0.3 is 14.8 Å². The van der Waals surface area contributed by atoms with Crippen LogP contribution in [0.25, 0.3) is 0 Å². The monoisotopic (exact) mass is 515 g/mol. The number of rotatable bonds is 10. The molecule has 0 saturated heterocycles. The molecule has 1 amide bonds. The SMILES string of the molecule is CCOC(=O)c1c(N=Cc2ccc([N+](=O)[O-])s2)sc(NC(=O)Cc2ccccc2)c1C(=O)OCC. The topological polar surface area (TPSA) is 137 Å². The highest BCUT2D eigenvalue weighted by Gasteiger charge is 2.31. The molecular formula is C23H21N3O7S2. The van der Waals surface area contributed by atoms with Crippen LogP contribution in [-0.2, 0) is 20.7 Å². The van der Waals surface area contributed by atoms with Gasteiger partial charge in [0, 0.05) is 12.3 Å². The largest absolute Gasteiger partial charge is 0.462 e. The molecule has 12 heteroatoms. The first-order chi connectivity index (χ1) is 16.8. The molecule has 0 fully saturated rings. The highest BCUT2D eigenvalue weighted by atomic mass is 32.1. The second-order valence-electron chi connectivity index (χ2n) is 6.83. The summed E-state index contributed by atoms with van der Waals surface area (Å²) in [6, 6.07) is 11.9. The van der Waals surface area contributed by atoms with Crippen molar-refractivity contribution in [2.24, 2.45) is 4.99 Å². The number of thiophene rings is 2. The Hall–Kier alpha value is -3.90. The Labute approximate surface area is 208 Å². The third kappa shape index (κ3) is 6.58. The van der Waals surface area contributed by atoms with Crippen molar-refractivity contribution in [2.45, 2.75) is 20.3 Å². The van der Waals surface area contributed by atoms with E-state index in [0.717, 1.165) is 28.2 Å². The molecule has 0 aliphatic rings. The van der Waals surface area contributed by atoms with Crippen LogP contribution in [0.2, 0.25) is 0 Å². The van der Waals surface area contributed by atoms with Gasteiger partial charge in [0.15, 0.2) is 0 Å². The van der Waals surface area contributed by atoms with Crippen LogP contribution in [0.5, 0.6) is 0 Å². The van der Waals surface area contributed by atoms with Crippen LogP contribution in [0, 0.1) is 10.1 Å². The maximum absolute atomic E-state index is 12.8. The van der Waals surface area contributed by atoms with Crippen LogP contribution in [0.3, 0.4) is 0 Å². The molecule has 0 unspecified atom stereocenters. The summed E-state index contributed by atoms with van der Waals surface area (Å²) in [5, 5.41) is 13.8. The Morgan fingerprint density at radius 2 is 1.66 bits per heavy atom. The normalized spacial score (nSPS) is 10.8. The fourth-order valence-corrected chi connectivity index (χ4v) is 4.70. The number of hydrogen-bond donors (Lipinski definition) is 1. The number of anilines is 1. The fourth-order valence-electron chi connectivity index (χ4n) is 2.97. The van der Waals surface area contributed by atoms with Gasteiger partial charge in [0.05, 0.1) is 29.4 Å². The van der Waals surface area contributed by atoms with Gasteiger partial charge in [-0.05, 0) is 25.5 Å². The number of carbonyl (C=O) groups excluding carboxylic acids is 3. The number of benzene rings is 1. The predicted octanol–water partition coefficient (Wildman–Crippen LogP) is 5.00. The number of hydrogen-bond acceptors (Lipinski definition) is 10. The number of esters is 2. The molecule has 35 heavy (non-hydrogen) atoms. The zero-order chi connectivity index (χ0) is 25.4. The molecule has 3 aromatic rings. The summed E-state index contributed by atoms with van der Waals surface area (Å²) in [6.45, 7) is 3.33. The van der Waals surface area contributed by atoms with Crippen molar-refractivity contribution in [3.8, 4) is 0 Å². The number of ether oxygens (including phenoxy) is 2. The van der Waals surface area contributed by atoms with Crippen LogP contribution in [0.4, 0.5) is 15.0 Å². The van der Waals surface area contributed by atoms with E-state index in [-0.39, 0.29) is 45.8 Å². The van der Waals surface area contributed by atoms with Gasteiger partial charge in [0.25, 0.3) is 0 Å². The Morgan fingerprint density at radius 1 is 1.00 bits per heavy atom. The van der Waals surface area contributed by atoms with Crippen molar-refractivity contribution in [1.82, 2.24) is 0 Å². The third-order valence-electron chi connectivity index (χ3n) is 4.41. The van der Waals surface area contributed by atoms with Crippen LogP contribution in [0.15, 0.2) is 47.5 Å². The second kappa shape index (κ2) is 12.0. The van der Waals surface area contributed by atoms with Gasteiger partial charge in [-0.1, -0.05) is 53.0 Å². The van der Waals surface area contributed by atoms with Crippen LogP contribution < -0.4 is 5.32 Å². The van der Waals surface area contributed by atoms with Crippen molar-refractivity contribution in [2.75, 3.05) is 18.5 Å². The number of nitro groups is 1. The summed E-state index contributed by atoms with van der Waals surface area (Å²) in [4.78, 5) is 53.5. The van der Waals surface area contributed by atoms with E-state index in [1.165, 1.54) is 18.3 Å². The number of nitrogens with zero attached hydrogens (tertiary/aromatic N) is 2. The molecule has 182 valence electrons. The fraction of sp³-hybridized carbons (Fsp3) is 0.217. The molecular weight excluding hydrogens is 494 g/mol. The lowest BCUT2D eigenvalue weighted by molar-refractivity contribution is -0.380. The molecule has 0 spiro atoms. The average Bonchev–Trinajstić information content (AvgIpc) is 3.43. The molecule has 0 radical (unpaired) electrons. The highest BCUT2D eigenvalue weighted by molar-refractivity contribution is 7.21. The lowest BCUT2D eigenvalue weighted by Gasteiger charge is -2.08. The summed E-state index contributed by atoms with van der Waals surface area (Å²) in [7, 11) is 0. The first-order valence-corrected chi connectivity index (χ1v) is 12.1. The smallest absolute Gasteiger partial charge is 0.342 e. The molecule has 2 heterocycles. The molecule has 0 bridgehead atoms. The van der Waals surface area contributed by atoms with E-state index in [4.69, 9.17) is 9.47 Å². The van der Waals surface area contributed by atoms with E-state index in [1.54, 1.807) is 38.1 Å². The Balaban J connectivity index is 2.02. The van der Waals surface area contributed by atoms with Crippen molar-refractivity contribution in [3.05, 3.63) is 74.1 Å². The lowest BCUT2D eigenvalue weighted by Crippen LogP contribution is -2.18. The quantitative estimate of drug-likeness (QED) is 0.173. The van der Waals surface area contributed by atoms with Crippen LogP contribution in [-0.4, -0.2) is 42.2 Å². The molecule has 0 atom stereocenters. The minimum absolute atomic E-state index is 0.0474. The van der Waals surface area contributed by atoms with Crippen molar-refractivity contribution in [1.29, 1.82) is 0 Å². The van der Waals surface area contributed by atoms with Gasteiger partial charge in [0.2, 0.25) is 5.91 Å². The van der Waals surface area contributed by atoms with Crippen LogP contribution >= 0.6 is 22.7 Å². The zero-order valence-corrected chi connectivity index (χ0v) is 20.4. The van der Waals surface area contributed by atoms with E-state index in [1.807, 2.05) is 6.07 Å². The highest BCUT2D eigenvalue weighted by Crippen LogP contribution is 2.41. The number of nitrogens with one attached hydrogen (secondary N) is 1. The van der Waals surface area contributed by atoms with E-state index in [2.05, 4.69) is 10.3 Å². The minimum atomic E-state index is -0.810. The number of amides is 1. The molecule has 0 aliphatic heterocycles. The van der Waals surface area contributed by atoms with E-state index in [9.17, 15) is 24.5 Å². The molecule has 1 aromatic carbocycles.